The predicted octanol–water partition coefficient (Wildman–Crippen LogP) is 3.18. The molecule has 0 aliphatic carbocycles. The fourth-order valence-corrected chi connectivity index (χ4v) is 1.14. The molecule has 0 saturated heterocycles. The number of nitrogens with zero attached hydrogens (tertiary/aromatic N) is 1. The SMILES string of the molecule is CCC(C)Oc1cc(C)c(F)cc1C#N. The van der Waals surface area contributed by atoms with Crippen molar-refractivity contribution in [2.75, 3.05) is 0 Å². The zero-order valence-corrected chi connectivity index (χ0v) is 9.17. The van der Waals surface area contributed by atoms with Crippen molar-refractivity contribution in [3.8, 4) is 11.8 Å². The topological polar surface area (TPSA) is 33.0 Å². The highest BCUT2D eigenvalue weighted by atomic mass is 19.1. The first-order chi connectivity index (χ1) is 7.08. The number of benzene rings is 1. The van der Waals surface area contributed by atoms with E-state index in [1.165, 1.54) is 6.07 Å². The number of hydrogen-bond donors (Lipinski definition) is 0. The molecular weight excluding hydrogens is 193 g/mol. The van der Waals surface area contributed by atoms with Gasteiger partial charge in [0.25, 0.3) is 0 Å². The third-order valence-corrected chi connectivity index (χ3v) is 2.28. The number of rotatable bonds is 3. The molecule has 0 saturated carbocycles. The molecule has 1 atom stereocenters. The summed E-state index contributed by atoms with van der Waals surface area (Å²) in [6, 6.07) is 4.71. The van der Waals surface area contributed by atoms with Crippen LogP contribution < -0.4 is 4.74 Å². The summed E-state index contributed by atoms with van der Waals surface area (Å²) in [4.78, 5) is 0. The van der Waals surface area contributed by atoms with E-state index < -0.39 is 0 Å². The molecule has 0 bridgehead atoms. The largest absolute Gasteiger partial charge is 0.489 e. The summed E-state index contributed by atoms with van der Waals surface area (Å²) in [5, 5.41) is 8.82. The number of hydrogen-bond acceptors (Lipinski definition) is 2. The fraction of sp³-hybridized carbons (Fsp3) is 0.417. The third-order valence-electron chi connectivity index (χ3n) is 2.28. The minimum absolute atomic E-state index is 0.0296. The number of aryl methyl sites for hydroxylation is 1. The number of nitriles is 1. The summed E-state index contributed by atoms with van der Waals surface area (Å²) >= 11 is 0. The van der Waals surface area contributed by atoms with Crippen LogP contribution in [0.4, 0.5) is 4.39 Å². The quantitative estimate of drug-likeness (QED) is 0.762. The van der Waals surface area contributed by atoms with E-state index in [0.717, 1.165) is 6.42 Å². The van der Waals surface area contributed by atoms with Gasteiger partial charge in [-0.3, -0.25) is 0 Å². The van der Waals surface area contributed by atoms with Gasteiger partial charge in [0, 0.05) is 0 Å². The lowest BCUT2D eigenvalue weighted by Gasteiger charge is -2.14. The van der Waals surface area contributed by atoms with Crippen LogP contribution in [0.2, 0.25) is 0 Å². The molecule has 1 aromatic rings. The summed E-state index contributed by atoms with van der Waals surface area (Å²) in [5.41, 5.74) is 0.741. The standard InChI is InChI=1S/C12H14FNO/c1-4-9(3)15-12-5-8(2)11(13)6-10(12)7-14/h5-6,9H,4H2,1-3H3. The second kappa shape index (κ2) is 4.79. The van der Waals surface area contributed by atoms with Crippen molar-refractivity contribution in [2.24, 2.45) is 0 Å². The van der Waals surface area contributed by atoms with Crippen molar-refractivity contribution in [2.45, 2.75) is 33.3 Å². The first-order valence-corrected chi connectivity index (χ1v) is 4.95. The predicted molar refractivity (Wildman–Crippen MR) is 56.2 cm³/mol. The first-order valence-electron chi connectivity index (χ1n) is 4.95. The van der Waals surface area contributed by atoms with Crippen LogP contribution in [0.25, 0.3) is 0 Å². The van der Waals surface area contributed by atoms with Gasteiger partial charge in [0.05, 0.1) is 11.7 Å². The van der Waals surface area contributed by atoms with Gasteiger partial charge in [-0.2, -0.15) is 5.26 Å². The van der Waals surface area contributed by atoms with E-state index in [0.29, 0.717) is 11.3 Å². The molecule has 1 aromatic carbocycles. The Morgan fingerprint density at radius 3 is 2.73 bits per heavy atom. The van der Waals surface area contributed by atoms with Gasteiger partial charge in [0.15, 0.2) is 0 Å². The minimum atomic E-state index is -0.372. The molecule has 0 N–H and O–H groups in total. The Kier molecular flexibility index (Phi) is 3.68. The van der Waals surface area contributed by atoms with Crippen molar-refractivity contribution >= 4 is 0 Å². The average Bonchev–Trinajstić information content (AvgIpc) is 2.22. The zero-order chi connectivity index (χ0) is 11.4. The first kappa shape index (κ1) is 11.5. The lowest BCUT2D eigenvalue weighted by Crippen LogP contribution is -2.11. The Balaban J connectivity index is 3.06. The summed E-state index contributed by atoms with van der Waals surface area (Å²) < 4.78 is 18.7. The summed E-state index contributed by atoms with van der Waals surface area (Å²) in [6.07, 6.45) is 0.878. The van der Waals surface area contributed by atoms with Gasteiger partial charge in [-0.05, 0) is 38.0 Å². The molecule has 0 amide bonds. The number of halogens is 1. The second-order valence-electron chi connectivity index (χ2n) is 3.55. The van der Waals surface area contributed by atoms with Crippen molar-refractivity contribution in [3.63, 3.8) is 0 Å². The minimum Gasteiger partial charge on any atom is -0.489 e. The van der Waals surface area contributed by atoms with Crippen molar-refractivity contribution in [1.29, 1.82) is 5.26 Å². The summed E-state index contributed by atoms with van der Waals surface area (Å²) in [6.45, 7) is 5.56. The smallest absolute Gasteiger partial charge is 0.137 e. The van der Waals surface area contributed by atoms with Gasteiger partial charge in [0.1, 0.15) is 17.6 Å². The second-order valence-corrected chi connectivity index (χ2v) is 3.55. The maximum Gasteiger partial charge on any atom is 0.137 e. The van der Waals surface area contributed by atoms with E-state index >= 15 is 0 Å². The molecule has 0 aliphatic heterocycles. The molecular formula is C12H14FNO. The average molecular weight is 207 g/mol. The van der Waals surface area contributed by atoms with Crippen molar-refractivity contribution in [1.82, 2.24) is 0 Å². The zero-order valence-electron chi connectivity index (χ0n) is 9.17. The van der Waals surface area contributed by atoms with Crippen molar-refractivity contribution in [3.05, 3.63) is 29.1 Å². The van der Waals surface area contributed by atoms with Crippen LogP contribution >= 0.6 is 0 Å². The molecule has 15 heavy (non-hydrogen) atoms. The lowest BCUT2D eigenvalue weighted by atomic mass is 10.1. The normalized spacial score (nSPS) is 11.9. The van der Waals surface area contributed by atoms with Gasteiger partial charge in [-0.15, -0.1) is 0 Å². The van der Waals surface area contributed by atoms with Crippen LogP contribution in [0.15, 0.2) is 12.1 Å². The van der Waals surface area contributed by atoms with Gasteiger partial charge >= 0.3 is 0 Å². The molecule has 2 nitrogen and oxygen atoms in total. The molecule has 0 fully saturated rings. The molecule has 0 heterocycles. The molecule has 0 spiro atoms. The maximum atomic E-state index is 13.2. The van der Waals surface area contributed by atoms with Crippen LogP contribution in [-0.2, 0) is 0 Å². The molecule has 80 valence electrons. The third kappa shape index (κ3) is 2.69. The van der Waals surface area contributed by atoms with E-state index in [1.807, 2.05) is 19.9 Å². The van der Waals surface area contributed by atoms with E-state index in [4.69, 9.17) is 10.00 Å². The van der Waals surface area contributed by atoms with Gasteiger partial charge in [-0.1, -0.05) is 6.92 Å². The molecule has 1 rings (SSSR count). The van der Waals surface area contributed by atoms with E-state index in [1.54, 1.807) is 13.0 Å². The Labute approximate surface area is 89.3 Å². The highest BCUT2D eigenvalue weighted by Gasteiger charge is 2.10. The molecule has 0 aliphatic rings. The highest BCUT2D eigenvalue weighted by Crippen LogP contribution is 2.23. The Morgan fingerprint density at radius 2 is 2.20 bits per heavy atom. The van der Waals surface area contributed by atoms with Crippen molar-refractivity contribution < 1.29 is 9.13 Å². The Hall–Kier alpha value is -1.56. The van der Waals surface area contributed by atoms with Crippen LogP contribution in [0.3, 0.4) is 0 Å². The molecule has 3 heteroatoms. The maximum absolute atomic E-state index is 13.2. The molecule has 0 aromatic heterocycles. The van der Waals surface area contributed by atoms with Crippen LogP contribution in [0.1, 0.15) is 31.4 Å². The van der Waals surface area contributed by atoms with Gasteiger partial charge in [-0.25, -0.2) is 4.39 Å². The van der Waals surface area contributed by atoms with E-state index in [9.17, 15) is 4.39 Å². The highest BCUT2D eigenvalue weighted by molar-refractivity contribution is 5.45. The van der Waals surface area contributed by atoms with Gasteiger partial charge in [0.2, 0.25) is 0 Å². The molecule has 1 unspecified atom stereocenters. The van der Waals surface area contributed by atoms with Crippen LogP contribution in [-0.4, -0.2) is 6.10 Å². The summed E-state index contributed by atoms with van der Waals surface area (Å²) in [7, 11) is 0. The Bertz CT molecular complexity index is 395. The molecule has 0 radical (unpaired) electrons. The monoisotopic (exact) mass is 207 g/mol. The van der Waals surface area contributed by atoms with E-state index in [-0.39, 0.29) is 17.5 Å². The van der Waals surface area contributed by atoms with Crippen LogP contribution in [0, 0.1) is 24.1 Å². The van der Waals surface area contributed by atoms with E-state index in [2.05, 4.69) is 0 Å². The fourth-order valence-electron chi connectivity index (χ4n) is 1.14. The number of ether oxygens (including phenoxy) is 1. The Morgan fingerprint density at radius 1 is 1.53 bits per heavy atom. The van der Waals surface area contributed by atoms with Crippen LogP contribution in [0.5, 0.6) is 5.75 Å². The lowest BCUT2D eigenvalue weighted by molar-refractivity contribution is 0.216. The van der Waals surface area contributed by atoms with Gasteiger partial charge < -0.3 is 4.74 Å². The summed E-state index contributed by atoms with van der Waals surface area (Å²) in [5.74, 6) is 0.0915.